The molecule has 29 heavy (non-hydrogen) atoms. The summed E-state index contributed by atoms with van der Waals surface area (Å²) >= 11 is 0. The van der Waals surface area contributed by atoms with E-state index in [1.165, 1.54) is 23.4 Å². The zero-order valence-corrected chi connectivity index (χ0v) is 15.1. The molecule has 4 rings (SSSR count). The molecule has 1 atom stereocenters. The number of likely N-dealkylation sites (N-methyl/N-ethyl adjacent to an activating group) is 1. The van der Waals surface area contributed by atoms with Crippen LogP contribution >= 0.6 is 0 Å². The largest absolute Gasteiger partial charge is 0.489 e. The summed E-state index contributed by atoms with van der Waals surface area (Å²) in [4.78, 5) is 30.5. The fraction of sp³-hybridized carbons (Fsp3) is 0.211. The SMILES string of the molecule is CN1C(=O)C(NC(=O)c2cn3cccc(C(F)(F)F)c3n2)COc2ccccc21. The summed E-state index contributed by atoms with van der Waals surface area (Å²) in [5.41, 5.74) is -1.03. The van der Waals surface area contributed by atoms with Gasteiger partial charge < -0.3 is 19.4 Å². The third-order valence-corrected chi connectivity index (χ3v) is 4.59. The van der Waals surface area contributed by atoms with Gasteiger partial charge in [0.1, 0.15) is 29.7 Å². The van der Waals surface area contributed by atoms with Crippen molar-refractivity contribution in [3.63, 3.8) is 0 Å². The number of nitrogens with zero attached hydrogens (tertiary/aromatic N) is 3. The number of benzene rings is 1. The third-order valence-electron chi connectivity index (χ3n) is 4.59. The first kappa shape index (κ1) is 18.8. The molecule has 150 valence electrons. The second-order valence-corrected chi connectivity index (χ2v) is 6.48. The first-order chi connectivity index (χ1) is 13.8. The molecule has 0 aliphatic carbocycles. The van der Waals surface area contributed by atoms with Crippen LogP contribution in [0.1, 0.15) is 16.1 Å². The highest BCUT2D eigenvalue weighted by Crippen LogP contribution is 2.32. The van der Waals surface area contributed by atoms with Gasteiger partial charge in [-0.05, 0) is 24.3 Å². The van der Waals surface area contributed by atoms with Gasteiger partial charge >= 0.3 is 6.18 Å². The standard InChI is InChI=1S/C19H15F3N4O3/c1-25-14-6-2-3-7-15(14)29-10-13(18(25)28)24-17(27)12-9-26-8-4-5-11(16(26)23-12)19(20,21)22/h2-9,13H,10H2,1H3,(H,24,27). The number of halogens is 3. The highest BCUT2D eigenvalue weighted by atomic mass is 19.4. The monoisotopic (exact) mass is 404 g/mol. The second-order valence-electron chi connectivity index (χ2n) is 6.48. The Labute approximate surface area is 162 Å². The van der Waals surface area contributed by atoms with Gasteiger partial charge in [0.05, 0.1) is 11.3 Å². The lowest BCUT2D eigenvalue weighted by molar-refractivity contribution is -0.136. The number of hydrogen-bond acceptors (Lipinski definition) is 4. The van der Waals surface area contributed by atoms with Gasteiger partial charge in [-0.2, -0.15) is 13.2 Å². The van der Waals surface area contributed by atoms with E-state index >= 15 is 0 Å². The van der Waals surface area contributed by atoms with Crippen molar-refractivity contribution in [3.8, 4) is 5.75 Å². The van der Waals surface area contributed by atoms with Gasteiger partial charge in [0.25, 0.3) is 11.8 Å². The average molecular weight is 404 g/mol. The zero-order valence-electron chi connectivity index (χ0n) is 15.1. The summed E-state index contributed by atoms with van der Waals surface area (Å²) in [6.45, 7) is -0.118. The van der Waals surface area contributed by atoms with Crippen molar-refractivity contribution >= 4 is 23.1 Å². The molecule has 1 aromatic carbocycles. The molecule has 2 aromatic heterocycles. The van der Waals surface area contributed by atoms with Crippen molar-refractivity contribution in [2.75, 3.05) is 18.6 Å². The van der Waals surface area contributed by atoms with Gasteiger partial charge in [0, 0.05) is 19.4 Å². The number of carbonyl (C=O) groups is 2. The number of rotatable bonds is 2. The molecule has 0 fully saturated rings. The summed E-state index contributed by atoms with van der Waals surface area (Å²) in [5, 5.41) is 2.50. The zero-order chi connectivity index (χ0) is 20.8. The summed E-state index contributed by atoms with van der Waals surface area (Å²) in [7, 11) is 1.55. The van der Waals surface area contributed by atoms with Crippen LogP contribution in [-0.4, -0.2) is 40.9 Å². The van der Waals surface area contributed by atoms with E-state index in [1.54, 1.807) is 31.3 Å². The number of aromatic nitrogens is 2. The molecule has 1 unspecified atom stereocenters. The Morgan fingerprint density at radius 1 is 1.24 bits per heavy atom. The molecular formula is C19H15F3N4O3. The lowest BCUT2D eigenvalue weighted by atomic mass is 10.2. The Kier molecular flexibility index (Phi) is 4.40. The molecule has 7 nitrogen and oxygen atoms in total. The number of pyridine rings is 1. The van der Waals surface area contributed by atoms with E-state index in [0.717, 1.165) is 10.5 Å². The number of alkyl halides is 3. The topological polar surface area (TPSA) is 75.9 Å². The van der Waals surface area contributed by atoms with E-state index in [-0.39, 0.29) is 12.3 Å². The number of fused-ring (bicyclic) bond motifs is 2. The summed E-state index contributed by atoms with van der Waals surface area (Å²) in [6.07, 6.45) is -2.07. The Hall–Kier alpha value is -3.56. The minimum atomic E-state index is -4.61. The number of para-hydroxylation sites is 2. The number of nitrogens with one attached hydrogen (secondary N) is 1. The number of ether oxygens (including phenoxy) is 1. The minimum Gasteiger partial charge on any atom is -0.489 e. The number of hydrogen-bond donors (Lipinski definition) is 1. The molecule has 1 N–H and O–H groups in total. The van der Waals surface area contributed by atoms with Gasteiger partial charge in [-0.15, -0.1) is 0 Å². The van der Waals surface area contributed by atoms with Gasteiger partial charge in [-0.1, -0.05) is 12.1 Å². The first-order valence-electron chi connectivity index (χ1n) is 8.61. The van der Waals surface area contributed by atoms with Crippen LogP contribution in [0.4, 0.5) is 18.9 Å². The smallest absolute Gasteiger partial charge is 0.419 e. The van der Waals surface area contributed by atoms with E-state index in [4.69, 9.17) is 4.74 Å². The van der Waals surface area contributed by atoms with Gasteiger partial charge in [-0.3, -0.25) is 9.59 Å². The van der Waals surface area contributed by atoms with Crippen LogP contribution in [-0.2, 0) is 11.0 Å². The van der Waals surface area contributed by atoms with E-state index in [1.807, 2.05) is 0 Å². The van der Waals surface area contributed by atoms with Crippen molar-refractivity contribution in [2.24, 2.45) is 0 Å². The summed E-state index contributed by atoms with van der Waals surface area (Å²) in [6, 6.07) is 7.99. The highest BCUT2D eigenvalue weighted by molar-refractivity contribution is 6.02. The maximum absolute atomic E-state index is 13.1. The molecule has 0 bridgehead atoms. The Morgan fingerprint density at radius 2 is 2.00 bits per heavy atom. The van der Waals surface area contributed by atoms with E-state index in [2.05, 4.69) is 10.3 Å². The quantitative estimate of drug-likeness (QED) is 0.712. The molecule has 0 saturated carbocycles. The number of anilines is 1. The van der Waals surface area contributed by atoms with Crippen LogP contribution in [0.15, 0.2) is 48.8 Å². The van der Waals surface area contributed by atoms with Crippen molar-refractivity contribution in [1.82, 2.24) is 14.7 Å². The average Bonchev–Trinajstić information content (AvgIpc) is 3.09. The molecule has 10 heteroatoms. The highest BCUT2D eigenvalue weighted by Gasteiger charge is 2.35. The van der Waals surface area contributed by atoms with Crippen LogP contribution in [0.3, 0.4) is 0 Å². The van der Waals surface area contributed by atoms with Crippen molar-refractivity contribution in [3.05, 3.63) is 60.0 Å². The van der Waals surface area contributed by atoms with Crippen LogP contribution in [0.2, 0.25) is 0 Å². The fourth-order valence-electron chi connectivity index (χ4n) is 3.13. The second kappa shape index (κ2) is 6.80. The van der Waals surface area contributed by atoms with Crippen LogP contribution in [0.5, 0.6) is 5.75 Å². The lowest BCUT2D eigenvalue weighted by Gasteiger charge is -2.20. The van der Waals surface area contributed by atoms with Gasteiger partial charge in [0.15, 0.2) is 0 Å². The lowest BCUT2D eigenvalue weighted by Crippen LogP contribution is -2.49. The maximum Gasteiger partial charge on any atom is 0.419 e. The van der Waals surface area contributed by atoms with Gasteiger partial charge in [0.2, 0.25) is 0 Å². The molecule has 3 aromatic rings. The first-order valence-corrected chi connectivity index (χ1v) is 8.61. The molecular weight excluding hydrogens is 389 g/mol. The van der Waals surface area contributed by atoms with E-state index in [9.17, 15) is 22.8 Å². The molecule has 1 aliphatic rings. The summed E-state index contributed by atoms with van der Waals surface area (Å²) < 4.78 is 46.2. The third kappa shape index (κ3) is 3.37. The Bertz CT molecular complexity index is 1110. The molecule has 1 aliphatic heterocycles. The molecule has 2 amide bonds. The number of amides is 2. The fourth-order valence-corrected chi connectivity index (χ4v) is 3.13. The van der Waals surface area contributed by atoms with Crippen LogP contribution in [0, 0.1) is 0 Å². The summed E-state index contributed by atoms with van der Waals surface area (Å²) in [5.74, 6) is -0.700. The number of carbonyl (C=O) groups excluding carboxylic acids is 2. The number of imidazole rings is 1. The molecule has 3 heterocycles. The Morgan fingerprint density at radius 3 is 2.76 bits per heavy atom. The normalized spacial score (nSPS) is 16.9. The molecule has 0 spiro atoms. The van der Waals surface area contributed by atoms with Gasteiger partial charge in [-0.25, -0.2) is 4.98 Å². The Balaban J connectivity index is 1.59. The predicted molar refractivity (Wildman–Crippen MR) is 96.8 cm³/mol. The van der Waals surface area contributed by atoms with Crippen molar-refractivity contribution in [2.45, 2.75) is 12.2 Å². The predicted octanol–water partition coefficient (Wildman–Crippen LogP) is 2.51. The molecule has 0 saturated heterocycles. The van der Waals surface area contributed by atoms with E-state index < -0.39 is 35.2 Å². The van der Waals surface area contributed by atoms with Crippen LogP contribution in [0.25, 0.3) is 5.65 Å². The van der Waals surface area contributed by atoms with Crippen molar-refractivity contribution in [1.29, 1.82) is 0 Å². The maximum atomic E-state index is 13.1. The van der Waals surface area contributed by atoms with Crippen molar-refractivity contribution < 1.29 is 27.5 Å². The minimum absolute atomic E-state index is 0.118. The molecule has 0 radical (unpaired) electrons. The van der Waals surface area contributed by atoms with Crippen LogP contribution < -0.4 is 15.0 Å². The van der Waals surface area contributed by atoms with E-state index in [0.29, 0.717) is 11.4 Å².